The van der Waals surface area contributed by atoms with Crippen LogP contribution < -0.4 is 4.90 Å². The van der Waals surface area contributed by atoms with Crippen LogP contribution in [0.1, 0.15) is 25.7 Å². The maximum atomic E-state index is 12.9. The van der Waals surface area contributed by atoms with Crippen molar-refractivity contribution >= 4 is 31.5 Å². The molecule has 7 heteroatoms. The van der Waals surface area contributed by atoms with Crippen LogP contribution in [0.25, 0.3) is 0 Å². The molecule has 1 aliphatic rings. The van der Waals surface area contributed by atoms with Crippen LogP contribution in [0.2, 0.25) is 0 Å². The summed E-state index contributed by atoms with van der Waals surface area (Å²) < 4.78 is 49.6. The van der Waals surface area contributed by atoms with Crippen molar-refractivity contribution in [3.05, 3.63) is 24.3 Å². The van der Waals surface area contributed by atoms with Gasteiger partial charge in [0.25, 0.3) is 0 Å². The molecule has 0 aliphatic heterocycles. The van der Waals surface area contributed by atoms with E-state index in [1.807, 2.05) is 4.90 Å². The fourth-order valence-corrected chi connectivity index (χ4v) is 4.16. The van der Waals surface area contributed by atoms with Gasteiger partial charge in [-0.1, -0.05) is 40.9 Å². The van der Waals surface area contributed by atoms with Crippen molar-refractivity contribution in [2.45, 2.75) is 42.4 Å². The van der Waals surface area contributed by atoms with E-state index in [9.17, 15) is 17.2 Å². The number of halogens is 3. The minimum Gasteiger partial charge on any atom is -0.367 e. The second-order valence-electron chi connectivity index (χ2n) is 5.09. The van der Waals surface area contributed by atoms with Crippen molar-refractivity contribution in [1.29, 1.82) is 0 Å². The Bertz CT molecular complexity index is 574. The van der Waals surface area contributed by atoms with E-state index in [1.165, 1.54) is 12.1 Å². The lowest BCUT2D eigenvalue weighted by Crippen LogP contribution is -2.36. The zero-order chi connectivity index (χ0) is 15.5. The molecule has 118 valence electrons. The van der Waals surface area contributed by atoms with Gasteiger partial charge in [0.05, 0.1) is 10.6 Å². The van der Waals surface area contributed by atoms with E-state index < -0.39 is 15.6 Å². The molecule has 0 bridgehead atoms. The predicted octanol–water partition coefficient (Wildman–Crippen LogP) is 3.83. The highest BCUT2D eigenvalue weighted by atomic mass is 79.9. The van der Waals surface area contributed by atoms with Crippen LogP contribution in [-0.2, 0) is 9.84 Å². The van der Waals surface area contributed by atoms with Crippen LogP contribution in [-0.4, -0.2) is 32.1 Å². The third-order valence-corrected chi connectivity index (χ3v) is 5.59. The van der Waals surface area contributed by atoms with Gasteiger partial charge < -0.3 is 4.90 Å². The predicted molar refractivity (Wildman–Crippen MR) is 83.0 cm³/mol. The number of hydrogen-bond donors (Lipinski definition) is 0. The lowest BCUT2D eigenvalue weighted by Gasteiger charge is -2.32. The molecule has 3 nitrogen and oxygen atoms in total. The zero-order valence-electron chi connectivity index (χ0n) is 11.5. The molecule has 2 rings (SSSR count). The number of rotatable bonds is 6. The van der Waals surface area contributed by atoms with E-state index in [1.54, 1.807) is 12.1 Å². The monoisotopic (exact) mass is 381 g/mol. The standard InChI is InChI=1S/C14H18BrF2NO2S/c15-9-10-18(11-5-1-2-6-11)12-7-3-4-8-13(12)21(19,20)14(16)17/h3-4,7-8,11,14H,1-2,5-6,9-10H2. The Kier molecular flexibility index (Phi) is 5.60. The number of para-hydroxylation sites is 1. The summed E-state index contributed by atoms with van der Waals surface area (Å²) in [6.45, 7) is 0.598. The second kappa shape index (κ2) is 7.05. The Morgan fingerprint density at radius 1 is 1.24 bits per heavy atom. The van der Waals surface area contributed by atoms with Crippen LogP contribution in [0.5, 0.6) is 0 Å². The average Bonchev–Trinajstić information content (AvgIpc) is 2.98. The second-order valence-corrected chi connectivity index (χ2v) is 7.77. The van der Waals surface area contributed by atoms with Gasteiger partial charge in [0, 0.05) is 17.9 Å². The van der Waals surface area contributed by atoms with Gasteiger partial charge in [-0.15, -0.1) is 0 Å². The normalized spacial score (nSPS) is 16.6. The fraction of sp³-hybridized carbons (Fsp3) is 0.571. The summed E-state index contributed by atoms with van der Waals surface area (Å²) in [6.07, 6.45) is 4.12. The van der Waals surface area contributed by atoms with Crippen molar-refractivity contribution in [1.82, 2.24) is 0 Å². The maximum Gasteiger partial charge on any atom is 0.341 e. The summed E-state index contributed by atoms with van der Waals surface area (Å²) in [6, 6.07) is 6.29. The van der Waals surface area contributed by atoms with E-state index in [4.69, 9.17) is 0 Å². The van der Waals surface area contributed by atoms with E-state index in [2.05, 4.69) is 15.9 Å². The molecule has 0 heterocycles. The van der Waals surface area contributed by atoms with Gasteiger partial charge >= 0.3 is 5.76 Å². The largest absolute Gasteiger partial charge is 0.367 e. The highest BCUT2D eigenvalue weighted by Crippen LogP contribution is 2.34. The number of anilines is 1. The summed E-state index contributed by atoms with van der Waals surface area (Å²) >= 11 is 3.36. The third kappa shape index (κ3) is 3.56. The molecule has 0 saturated heterocycles. The molecule has 21 heavy (non-hydrogen) atoms. The Hall–Kier alpha value is -0.690. The van der Waals surface area contributed by atoms with Gasteiger partial charge in [-0.2, -0.15) is 8.78 Å². The maximum absolute atomic E-state index is 12.9. The van der Waals surface area contributed by atoms with E-state index in [0.717, 1.165) is 25.7 Å². The summed E-state index contributed by atoms with van der Waals surface area (Å²) in [5.74, 6) is -3.40. The molecule has 0 amide bonds. The third-order valence-electron chi connectivity index (χ3n) is 3.81. The molecule has 0 N–H and O–H groups in total. The summed E-state index contributed by atoms with van der Waals surface area (Å²) in [5.41, 5.74) is 0.393. The van der Waals surface area contributed by atoms with E-state index in [-0.39, 0.29) is 10.9 Å². The highest BCUT2D eigenvalue weighted by molar-refractivity contribution is 9.09. The first-order valence-electron chi connectivity index (χ1n) is 6.92. The van der Waals surface area contributed by atoms with Crippen LogP contribution in [0, 0.1) is 0 Å². The molecule has 0 unspecified atom stereocenters. The number of benzene rings is 1. The number of alkyl halides is 3. The van der Waals surface area contributed by atoms with Crippen LogP contribution >= 0.6 is 15.9 Å². The lowest BCUT2D eigenvalue weighted by atomic mass is 10.2. The Balaban J connectivity index is 2.46. The van der Waals surface area contributed by atoms with Crippen molar-refractivity contribution in [2.24, 2.45) is 0 Å². The van der Waals surface area contributed by atoms with Gasteiger partial charge in [-0.3, -0.25) is 0 Å². The topological polar surface area (TPSA) is 37.4 Å². The van der Waals surface area contributed by atoms with Crippen molar-refractivity contribution < 1.29 is 17.2 Å². The molecule has 1 aromatic rings. The molecule has 0 spiro atoms. The molecule has 1 aliphatic carbocycles. The Morgan fingerprint density at radius 2 is 1.86 bits per heavy atom. The summed E-state index contributed by atoms with van der Waals surface area (Å²) in [4.78, 5) is 1.68. The van der Waals surface area contributed by atoms with Crippen LogP contribution in [0.4, 0.5) is 14.5 Å². The highest BCUT2D eigenvalue weighted by Gasteiger charge is 2.32. The average molecular weight is 382 g/mol. The lowest BCUT2D eigenvalue weighted by molar-refractivity contribution is 0.234. The van der Waals surface area contributed by atoms with Gasteiger partial charge in [0.1, 0.15) is 0 Å². The van der Waals surface area contributed by atoms with Crippen molar-refractivity contribution in [3.8, 4) is 0 Å². The molecule has 1 saturated carbocycles. The van der Waals surface area contributed by atoms with Crippen molar-refractivity contribution in [2.75, 3.05) is 16.8 Å². The molecule has 0 aromatic heterocycles. The molecular formula is C14H18BrF2NO2S. The molecule has 0 atom stereocenters. The summed E-state index contributed by atoms with van der Waals surface area (Å²) in [7, 11) is -4.59. The first-order chi connectivity index (χ1) is 9.98. The minimum absolute atomic E-state index is 0.219. The fourth-order valence-electron chi connectivity index (χ4n) is 2.84. The minimum atomic E-state index is -4.59. The van der Waals surface area contributed by atoms with Gasteiger partial charge in [0.15, 0.2) is 0 Å². The Labute approximate surface area is 132 Å². The number of nitrogens with zero attached hydrogens (tertiary/aromatic N) is 1. The first-order valence-corrected chi connectivity index (χ1v) is 9.59. The Morgan fingerprint density at radius 3 is 2.43 bits per heavy atom. The molecule has 0 radical (unpaired) electrons. The first kappa shape index (κ1) is 16.7. The smallest absolute Gasteiger partial charge is 0.341 e. The molecule has 1 aromatic carbocycles. The van der Waals surface area contributed by atoms with E-state index >= 15 is 0 Å². The molecular weight excluding hydrogens is 364 g/mol. The van der Waals surface area contributed by atoms with Gasteiger partial charge in [0.2, 0.25) is 9.84 Å². The van der Waals surface area contributed by atoms with Crippen molar-refractivity contribution in [3.63, 3.8) is 0 Å². The number of sulfone groups is 1. The number of hydrogen-bond acceptors (Lipinski definition) is 3. The van der Waals surface area contributed by atoms with Gasteiger partial charge in [-0.25, -0.2) is 8.42 Å². The summed E-state index contributed by atoms with van der Waals surface area (Å²) in [5, 5.41) is 0.659. The van der Waals surface area contributed by atoms with Crippen LogP contribution in [0.15, 0.2) is 29.2 Å². The van der Waals surface area contributed by atoms with E-state index in [0.29, 0.717) is 17.6 Å². The SMILES string of the molecule is O=S(=O)(c1ccccc1N(CCBr)C1CCCC1)C(F)F. The van der Waals surface area contributed by atoms with Crippen LogP contribution in [0.3, 0.4) is 0 Å². The van der Waals surface area contributed by atoms with Gasteiger partial charge in [-0.05, 0) is 25.0 Å². The molecule has 1 fully saturated rings. The quantitative estimate of drug-likeness (QED) is 0.702. The zero-order valence-corrected chi connectivity index (χ0v) is 13.9.